The Hall–Kier alpha value is -3.03. The van der Waals surface area contributed by atoms with Crippen molar-refractivity contribution in [1.82, 2.24) is 20.2 Å². The number of carbonyl (C=O) groups excluding carboxylic acids is 1. The summed E-state index contributed by atoms with van der Waals surface area (Å²) in [5, 5.41) is 3.58. The highest BCUT2D eigenvalue weighted by Crippen LogP contribution is 2.12. The monoisotopic (exact) mass is 434 g/mol. The fourth-order valence-corrected chi connectivity index (χ4v) is 4.09. The largest absolute Gasteiger partial charge is 0.376 e. The van der Waals surface area contributed by atoms with Gasteiger partial charge in [-0.2, -0.15) is 0 Å². The summed E-state index contributed by atoms with van der Waals surface area (Å²) in [5.41, 5.74) is 2.89. The predicted molar refractivity (Wildman–Crippen MR) is 124 cm³/mol. The molecule has 2 heterocycles. The van der Waals surface area contributed by atoms with E-state index in [1.54, 1.807) is 6.07 Å². The number of aromatic amines is 1. The summed E-state index contributed by atoms with van der Waals surface area (Å²) >= 11 is 0. The molecule has 1 aromatic heterocycles. The SMILES string of the molecule is CC1CN(Cc2cccc(CNC(=O)CCCc3nc4ccccc4c(=O)[nH]3)c2)CCO1. The van der Waals surface area contributed by atoms with Crippen molar-refractivity contribution in [1.29, 1.82) is 0 Å². The highest BCUT2D eigenvalue weighted by molar-refractivity contribution is 5.77. The van der Waals surface area contributed by atoms with Crippen molar-refractivity contribution < 1.29 is 9.53 Å². The maximum atomic E-state index is 12.3. The number of hydrogen-bond acceptors (Lipinski definition) is 5. The van der Waals surface area contributed by atoms with Gasteiger partial charge in [-0.1, -0.05) is 36.4 Å². The number of ether oxygens (including phenoxy) is 1. The average Bonchev–Trinajstić information content (AvgIpc) is 2.78. The number of amides is 1. The van der Waals surface area contributed by atoms with Crippen LogP contribution >= 0.6 is 0 Å². The first-order valence-electron chi connectivity index (χ1n) is 11.2. The van der Waals surface area contributed by atoms with Gasteiger partial charge in [-0.3, -0.25) is 14.5 Å². The van der Waals surface area contributed by atoms with Crippen molar-refractivity contribution in [3.8, 4) is 0 Å². The minimum atomic E-state index is -0.138. The van der Waals surface area contributed by atoms with Crippen molar-refractivity contribution in [3.05, 3.63) is 75.8 Å². The lowest BCUT2D eigenvalue weighted by Gasteiger charge is -2.31. The quantitative estimate of drug-likeness (QED) is 0.569. The predicted octanol–water partition coefficient (Wildman–Crippen LogP) is 2.78. The average molecular weight is 435 g/mol. The fraction of sp³-hybridized carbons (Fsp3) is 0.400. The van der Waals surface area contributed by atoms with Gasteiger partial charge < -0.3 is 15.0 Å². The number of morpholine rings is 1. The van der Waals surface area contributed by atoms with Gasteiger partial charge in [0.05, 0.1) is 23.6 Å². The number of aromatic nitrogens is 2. The van der Waals surface area contributed by atoms with Crippen LogP contribution in [0.5, 0.6) is 0 Å². The van der Waals surface area contributed by atoms with Crippen LogP contribution in [0, 0.1) is 0 Å². The van der Waals surface area contributed by atoms with Gasteiger partial charge in [0.15, 0.2) is 0 Å². The smallest absolute Gasteiger partial charge is 0.258 e. The van der Waals surface area contributed by atoms with Gasteiger partial charge in [0.1, 0.15) is 5.82 Å². The molecule has 168 valence electrons. The third kappa shape index (κ3) is 6.02. The Kier molecular flexibility index (Phi) is 7.29. The lowest BCUT2D eigenvalue weighted by Crippen LogP contribution is -2.40. The summed E-state index contributed by atoms with van der Waals surface area (Å²) in [6.07, 6.45) is 1.85. The number of benzene rings is 2. The lowest BCUT2D eigenvalue weighted by atomic mass is 10.1. The summed E-state index contributed by atoms with van der Waals surface area (Å²) in [7, 11) is 0. The van der Waals surface area contributed by atoms with E-state index in [0.29, 0.717) is 42.5 Å². The number of H-pyrrole nitrogens is 1. The summed E-state index contributed by atoms with van der Waals surface area (Å²) < 4.78 is 5.61. The summed E-state index contributed by atoms with van der Waals surface area (Å²) in [6, 6.07) is 15.6. The number of aryl methyl sites for hydroxylation is 1. The molecule has 0 radical (unpaired) electrons. The van der Waals surface area contributed by atoms with Gasteiger partial charge in [-0.15, -0.1) is 0 Å². The Morgan fingerprint density at radius 2 is 2.06 bits per heavy atom. The van der Waals surface area contributed by atoms with E-state index in [0.717, 1.165) is 31.8 Å². The molecule has 1 amide bonds. The van der Waals surface area contributed by atoms with Gasteiger partial charge in [-0.25, -0.2) is 4.98 Å². The first-order valence-corrected chi connectivity index (χ1v) is 11.2. The van der Waals surface area contributed by atoms with Crippen LogP contribution < -0.4 is 10.9 Å². The van der Waals surface area contributed by atoms with E-state index < -0.39 is 0 Å². The number of fused-ring (bicyclic) bond motifs is 1. The van der Waals surface area contributed by atoms with Crippen molar-refractivity contribution in [2.45, 2.75) is 45.4 Å². The minimum absolute atomic E-state index is 0.000503. The minimum Gasteiger partial charge on any atom is -0.376 e. The zero-order chi connectivity index (χ0) is 22.3. The van der Waals surface area contributed by atoms with Crippen LogP contribution in [-0.4, -0.2) is 46.6 Å². The van der Waals surface area contributed by atoms with E-state index >= 15 is 0 Å². The molecule has 7 nitrogen and oxygen atoms in total. The third-order valence-corrected chi connectivity index (χ3v) is 5.69. The molecule has 4 rings (SSSR count). The molecule has 1 aliphatic rings. The Balaban J connectivity index is 1.23. The Morgan fingerprint density at radius 3 is 2.94 bits per heavy atom. The second-order valence-electron chi connectivity index (χ2n) is 8.40. The second kappa shape index (κ2) is 10.5. The molecule has 2 aromatic carbocycles. The molecule has 0 aliphatic carbocycles. The second-order valence-corrected chi connectivity index (χ2v) is 8.40. The number of nitrogens with one attached hydrogen (secondary N) is 2. The number of hydrogen-bond donors (Lipinski definition) is 2. The Labute approximate surface area is 187 Å². The van der Waals surface area contributed by atoms with Crippen molar-refractivity contribution in [3.63, 3.8) is 0 Å². The maximum absolute atomic E-state index is 12.3. The molecule has 1 fully saturated rings. The number of carbonyl (C=O) groups is 1. The van der Waals surface area contributed by atoms with Crippen LogP contribution in [0.4, 0.5) is 0 Å². The molecule has 1 unspecified atom stereocenters. The van der Waals surface area contributed by atoms with Gasteiger partial charge in [0.25, 0.3) is 5.56 Å². The molecular formula is C25H30N4O3. The van der Waals surface area contributed by atoms with E-state index in [2.05, 4.69) is 39.2 Å². The van der Waals surface area contributed by atoms with Crippen LogP contribution in [0.2, 0.25) is 0 Å². The zero-order valence-corrected chi connectivity index (χ0v) is 18.5. The summed E-state index contributed by atoms with van der Waals surface area (Å²) in [5.74, 6) is 0.618. The van der Waals surface area contributed by atoms with E-state index in [4.69, 9.17) is 4.74 Å². The normalized spacial score (nSPS) is 16.8. The van der Waals surface area contributed by atoms with Crippen LogP contribution in [0.3, 0.4) is 0 Å². The van der Waals surface area contributed by atoms with Gasteiger partial charge in [0.2, 0.25) is 5.91 Å². The first-order chi connectivity index (χ1) is 15.6. The number of nitrogens with zero attached hydrogens (tertiary/aromatic N) is 2. The lowest BCUT2D eigenvalue weighted by molar-refractivity contribution is -0.121. The zero-order valence-electron chi connectivity index (χ0n) is 18.5. The standard InChI is InChI=1S/C25H30N4O3/c1-18-16-29(12-13-32-18)17-20-7-4-6-19(14-20)15-26-24(30)11-5-10-23-27-22-9-3-2-8-21(22)25(31)28-23/h2-4,6-9,14,18H,5,10-13,15-17H2,1H3,(H,26,30)(H,27,28,31). The maximum Gasteiger partial charge on any atom is 0.258 e. The van der Waals surface area contributed by atoms with Crippen LogP contribution in [0.1, 0.15) is 36.7 Å². The molecule has 0 spiro atoms. The molecule has 1 saturated heterocycles. The summed E-state index contributed by atoms with van der Waals surface area (Å²) in [6.45, 7) is 6.18. The molecule has 3 aromatic rings. The molecular weight excluding hydrogens is 404 g/mol. The van der Waals surface area contributed by atoms with E-state index in [-0.39, 0.29) is 17.6 Å². The highest BCUT2D eigenvalue weighted by Gasteiger charge is 2.16. The van der Waals surface area contributed by atoms with Crippen LogP contribution in [0.25, 0.3) is 10.9 Å². The van der Waals surface area contributed by atoms with Crippen molar-refractivity contribution >= 4 is 16.8 Å². The topological polar surface area (TPSA) is 87.3 Å². The third-order valence-electron chi connectivity index (χ3n) is 5.69. The first kappa shape index (κ1) is 22.2. The van der Waals surface area contributed by atoms with Crippen LogP contribution in [-0.2, 0) is 29.0 Å². The van der Waals surface area contributed by atoms with Crippen molar-refractivity contribution in [2.75, 3.05) is 19.7 Å². The number of para-hydroxylation sites is 1. The Morgan fingerprint density at radius 1 is 1.22 bits per heavy atom. The fourth-order valence-electron chi connectivity index (χ4n) is 4.09. The molecule has 0 saturated carbocycles. The van der Waals surface area contributed by atoms with E-state index in [9.17, 15) is 9.59 Å². The van der Waals surface area contributed by atoms with Crippen LogP contribution in [0.15, 0.2) is 53.3 Å². The highest BCUT2D eigenvalue weighted by atomic mass is 16.5. The van der Waals surface area contributed by atoms with Crippen molar-refractivity contribution in [2.24, 2.45) is 0 Å². The van der Waals surface area contributed by atoms with E-state index in [1.807, 2.05) is 30.3 Å². The molecule has 1 aliphatic heterocycles. The molecule has 32 heavy (non-hydrogen) atoms. The Bertz CT molecular complexity index is 1130. The van der Waals surface area contributed by atoms with Gasteiger partial charge >= 0.3 is 0 Å². The molecule has 0 bridgehead atoms. The van der Waals surface area contributed by atoms with E-state index in [1.165, 1.54) is 5.56 Å². The summed E-state index contributed by atoms with van der Waals surface area (Å²) in [4.78, 5) is 34.1. The molecule has 2 N–H and O–H groups in total. The van der Waals surface area contributed by atoms with Gasteiger partial charge in [0, 0.05) is 39.0 Å². The molecule has 1 atom stereocenters. The van der Waals surface area contributed by atoms with Gasteiger partial charge in [-0.05, 0) is 36.6 Å². The number of rotatable bonds is 8. The molecule has 7 heteroatoms.